The van der Waals surface area contributed by atoms with Crippen molar-refractivity contribution in [3.63, 3.8) is 0 Å². The van der Waals surface area contributed by atoms with Crippen LogP contribution in [0.5, 0.6) is 0 Å². The van der Waals surface area contributed by atoms with Gasteiger partial charge in [0.15, 0.2) is 0 Å². The van der Waals surface area contributed by atoms with Crippen molar-refractivity contribution in [2.45, 2.75) is 58.9 Å². The Bertz CT molecular complexity index is 372. The third-order valence-corrected chi connectivity index (χ3v) is 2.47. The van der Waals surface area contributed by atoms with Crippen LogP contribution in [0.15, 0.2) is 33.8 Å². The minimum atomic E-state index is -0.892. The maximum absolute atomic E-state index is 5.54. The van der Waals surface area contributed by atoms with Crippen molar-refractivity contribution in [3.05, 3.63) is 50.0 Å². The fraction of sp³-hybridized carbons (Fsp3) is 0.500. The van der Waals surface area contributed by atoms with E-state index in [-0.39, 0.29) is 0 Å². The molecular formula is C18H38ClNSi3W-3. The molecule has 0 spiro atoms. The van der Waals surface area contributed by atoms with Crippen LogP contribution in [-0.2, 0) is 17.3 Å². The summed E-state index contributed by atoms with van der Waals surface area (Å²) in [7, 11) is 2.95. The van der Waals surface area contributed by atoms with Gasteiger partial charge < -0.3 is 19.6 Å². The van der Waals surface area contributed by atoms with Gasteiger partial charge in [-0.3, -0.25) is 0 Å². The van der Waals surface area contributed by atoms with Gasteiger partial charge in [-0.2, -0.15) is 0 Å². The fourth-order valence-electron chi connectivity index (χ4n) is 0.529. The zero-order chi connectivity index (χ0) is 20.0. The molecule has 0 amide bonds. The van der Waals surface area contributed by atoms with Crippen LogP contribution >= 0.6 is 9.42 Å². The van der Waals surface area contributed by atoms with E-state index >= 15 is 0 Å². The summed E-state index contributed by atoms with van der Waals surface area (Å²) in [5.41, 5.74) is 1.01. The third-order valence-electron chi connectivity index (χ3n) is 0.896. The Balaban J connectivity index is -0.000000259. The fourth-order valence-corrected chi connectivity index (χ4v) is 1.90. The van der Waals surface area contributed by atoms with Gasteiger partial charge in [0, 0.05) is 0 Å². The second-order valence-electron chi connectivity index (χ2n) is 9.18. The average Bonchev–Trinajstić information content (AvgIpc) is 2.23. The Kier molecular flexibility index (Phi) is 18.1. The van der Waals surface area contributed by atoms with Crippen molar-refractivity contribution in [3.8, 4) is 0 Å². The van der Waals surface area contributed by atoms with Crippen molar-refractivity contribution < 1.29 is 17.3 Å². The Morgan fingerprint density at radius 1 is 0.708 bits per heavy atom. The monoisotopic (exact) mass is 571 g/mol. The van der Waals surface area contributed by atoms with Crippen LogP contribution in [0.2, 0.25) is 58.9 Å². The quantitative estimate of drug-likeness (QED) is 0.241. The van der Waals surface area contributed by atoms with E-state index in [4.69, 9.17) is 9.42 Å². The molecule has 0 heterocycles. The molecule has 6 heteroatoms. The van der Waals surface area contributed by atoms with E-state index < -0.39 is 41.6 Å². The molecule has 0 N–H and O–H groups in total. The van der Waals surface area contributed by atoms with Gasteiger partial charge in [0.1, 0.15) is 0 Å². The second kappa shape index (κ2) is 14.8. The zero-order valence-corrected chi connectivity index (χ0v) is 23.9. The number of halogens is 1. The first kappa shape index (κ1) is 29.4. The number of benzene rings is 1. The predicted octanol–water partition coefficient (Wildman–Crippen LogP) is 7.83. The van der Waals surface area contributed by atoms with Gasteiger partial charge in [0.25, 0.3) is 0 Å². The standard InChI is InChI=1S/C6H5N.3C4H11Si.ClH.W/c7-6-4-2-1-3-5-6;3*1-5(2,3)4;;/h1-5H;3*1H2,2-4H3;1H;/q;3*-1;;+1/p-1. The minimum absolute atomic E-state index is 0.861. The number of rotatable bonds is 1. The molecule has 0 atom stereocenters. The Morgan fingerprint density at radius 2 is 0.958 bits per heavy atom. The van der Waals surface area contributed by atoms with Gasteiger partial charge in [-0.15, -0.1) is 24.2 Å². The molecule has 1 nitrogen and oxygen atoms in total. The van der Waals surface area contributed by atoms with Gasteiger partial charge in [0.05, 0.1) is 0 Å². The molecule has 0 fully saturated rings. The van der Waals surface area contributed by atoms with Crippen LogP contribution in [0.3, 0.4) is 0 Å². The molecular weight excluding hydrogens is 534 g/mol. The topological polar surface area (TPSA) is 12.4 Å². The first-order valence-corrected chi connectivity index (χ1v) is 24.1. The Morgan fingerprint density at radius 3 is 1.17 bits per heavy atom. The first-order valence-electron chi connectivity index (χ1n) is 8.03. The Hall–Kier alpha value is 0.649. The summed E-state index contributed by atoms with van der Waals surface area (Å²) in [6.45, 7) is 31.7. The van der Waals surface area contributed by atoms with E-state index in [1.807, 2.05) is 30.3 Å². The molecule has 143 valence electrons. The molecule has 0 saturated carbocycles. The number of hydrogen-bond donors (Lipinski definition) is 0. The molecule has 24 heavy (non-hydrogen) atoms. The van der Waals surface area contributed by atoms with Crippen molar-refractivity contribution in [2.75, 3.05) is 0 Å². The molecule has 0 aliphatic rings. The third kappa shape index (κ3) is 78.2. The van der Waals surface area contributed by atoms with E-state index in [0.29, 0.717) is 0 Å². The molecule has 0 saturated heterocycles. The predicted molar refractivity (Wildman–Crippen MR) is 120 cm³/mol. The normalized spacial score (nSPS) is 11.4. The molecule has 0 radical (unpaired) electrons. The van der Waals surface area contributed by atoms with Crippen LogP contribution in [0, 0.1) is 19.6 Å². The van der Waals surface area contributed by atoms with E-state index in [0.717, 1.165) is 5.69 Å². The molecule has 1 aromatic carbocycles. The van der Waals surface area contributed by atoms with E-state index in [2.05, 4.69) is 82.1 Å². The van der Waals surface area contributed by atoms with Crippen LogP contribution in [-0.4, -0.2) is 24.2 Å². The van der Waals surface area contributed by atoms with Gasteiger partial charge in [-0.25, -0.2) is 0 Å². The van der Waals surface area contributed by atoms with Crippen molar-refractivity contribution in [2.24, 2.45) is 3.50 Å². The molecule has 0 unspecified atom stereocenters. The van der Waals surface area contributed by atoms with Crippen LogP contribution in [0.1, 0.15) is 0 Å². The van der Waals surface area contributed by atoms with Gasteiger partial charge in [0.2, 0.25) is 0 Å². The summed E-state index contributed by atoms with van der Waals surface area (Å²) in [6.07, 6.45) is 0. The summed E-state index contributed by atoms with van der Waals surface area (Å²) < 4.78 is 4.14. The molecule has 0 aliphatic carbocycles. The molecule has 0 aromatic heterocycles. The van der Waals surface area contributed by atoms with E-state index in [9.17, 15) is 0 Å². The summed E-state index contributed by atoms with van der Waals surface area (Å²) >= 11 is -0.892. The summed E-state index contributed by atoms with van der Waals surface area (Å²) in [6, 6.07) is 9.82. The van der Waals surface area contributed by atoms with Crippen molar-refractivity contribution in [1.82, 2.24) is 0 Å². The summed E-state index contributed by atoms with van der Waals surface area (Å²) in [5.74, 6) is 0. The van der Waals surface area contributed by atoms with E-state index in [1.165, 1.54) is 0 Å². The maximum atomic E-state index is 5.54. The summed E-state index contributed by atoms with van der Waals surface area (Å²) in [4.78, 5) is 0. The second-order valence-corrected chi connectivity index (χ2v) is 26.8. The molecule has 1 rings (SSSR count). The van der Waals surface area contributed by atoms with Crippen LogP contribution < -0.4 is 0 Å². The molecule has 1 aromatic rings. The number of nitrogens with zero attached hydrogens (tertiary/aromatic N) is 1. The van der Waals surface area contributed by atoms with Crippen LogP contribution in [0.25, 0.3) is 0 Å². The first-order chi connectivity index (χ1) is 10.4. The molecule has 0 aliphatic heterocycles. The van der Waals surface area contributed by atoms with Crippen molar-refractivity contribution in [1.29, 1.82) is 0 Å². The van der Waals surface area contributed by atoms with Gasteiger partial charge in [-0.05, 0) is 0 Å². The van der Waals surface area contributed by atoms with E-state index in [1.54, 1.807) is 0 Å². The summed E-state index contributed by atoms with van der Waals surface area (Å²) in [5, 5.41) is 0. The average molecular weight is 572 g/mol. The zero-order valence-electron chi connectivity index (χ0n) is 17.2. The van der Waals surface area contributed by atoms with Gasteiger partial charge in [-0.1, -0.05) is 58.9 Å². The number of hydrogen-bond acceptors (Lipinski definition) is 1. The SMILES string of the molecule is [CH2-][Si](C)(C)C.[CH2-][Si](C)(C)C.[CH2-][Si](C)(C)C.[Cl][W]=[N]c1ccccc1. The van der Waals surface area contributed by atoms with Crippen molar-refractivity contribution >= 4 is 39.3 Å². The van der Waals surface area contributed by atoms with Crippen LogP contribution in [0.4, 0.5) is 5.69 Å². The molecule has 0 bridgehead atoms. The Labute approximate surface area is 168 Å². The van der Waals surface area contributed by atoms with Gasteiger partial charge >= 0.3 is 66.3 Å².